The molecule has 0 aliphatic carbocycles. The van der Waals surface area contributed by atoms with Crippen molar-refractivity contribution in [3.63, 3.8) is 0 Å². The van der Waals surface area contributed by atoms with Crippen molar-refractivity contribution in [3.8, 4) is 11.5 Å². The maximum absolute atomic E-state index is 12.4. The summed E-state index contributed by atoms with van der Waals surface area (Å²) in [6, 6.07) is 4.26. The third-order valence-electron chi connectivity index (χ3n) is 4.28. The predicted octanol–water partition coefficient (Wildman–Crippen LogP) is 1.97. The highest BCUT2D eigenvalue weighted by molar-refractivity contribution is 7.91. The molecule has 0 spiro atoms. The lowest BCUT2D eigenvalue weighted by Crippen LogP contribution is -2.42. The van der Waals surface area contributed by atoms with Crippen molar-refractivity contribution in [2.45, 2.75) is 46.3 Å². The number of benzene rings is 1. The first-order chi connectivity index (χ1) is 13.6. The molecule has 0 bridgehead atoms. The number of ether oxygens (including phenoxy) is 3. The van der Waals surface area contributed by atoms with Gasteiger partial charge in [0.25, 0.3) is 5.91 Å². The van der Waals surface area contributed by atoms with Crippen LogP contribution in [0.3, 0.4) is 0 Å². The molecule has 0 saturated carbocycles. The van der Waals surface area contributed by atoms with E-state index in [1.165, 1.54) is 13.0 Å². The lowest BCUT2D eigenvalue weighted by atomic mass is 10.2. The van der Waals surface area contributed by atoms with Gasteiger partial charge in [-0.3, -0.25) is 4.79 Å². The Hall–Kier alpha value is -2.29. The Labute approximate surface area is 171 Å². The molecule has 162 valence electrons. The second kappa shape index (κ2) is 9.96. The number of nitrogens with one attached hydrogen (secondary N) is 1. The summed E-state index contributed by atoms with van der Waals surface area (Å²) < 4.78 is 39.5. The van der Waals surface area contributed by atoms with E-state index in [4.69, 9.17) is 14.2 Å². The molecule has 2 rings (SSSR count). The van der Waals surface area contributed by atoms with E-state index in [0.29, 0.717) is 37.1 Å². The number of esters is 1. The molecule has 1 saturated heterocycles. The van der Waals surface area contributed by atoms with E-state index in [0.717, 1.165) is 0 Å². The Bertz CT molecular complexity index is 835. The van der Waals surface area contributed by atoms with Crippen molar-refractivity contribution >= 4 is 21.7 Å². The van der Waals surface area contributed by atoms with E-state index in [1.54, 1.807) is 12.1 Å². The largest absolute Gasteiger partial charge is 0.490 e. The molecule has 1 aliphatic rings. The van der Waals surface area contributed by atoms with E-state index in [1.807, 2.05) is 20.8 Å². The van der Waals surface area contributed by atoms with Gasteiger partial charge in [0.15, 0.2) is 27.4 Å². The van der Waals surface area contributed by atoms with E-state index in [2.05, 4.69) is 5.32 Å². The Balaban J connectivity index is 1.99. The molecule has 1 heterocycles. The zero-order chi connectivity index (χ0) is 21.6. The van der Waals surface area contributed by atoms with Crippen LogP contribution in [-0.4, -0.2) is 57.2 Å². The van der Waals surface area contributed by atoms with Crippen LogP contribution in [0.15, 0.2) is 18.2 Å². The molecule has 0 aromatic heterocycles. The van der Waals surface area contributed by atoms with Crippen LogP contribution in [0.4, 0.5) is 0 Å². The number of carbonyl (C=O) groups is 2. The Kier molecular flexibility index (Phi) is 7.89. The van der Waals surface area contributed by atoms with Gasteiger partial charge < -0.3 is 19.5 Å². The second-order valence-corrected chi connectivity index (χ2v) is 9.68. The fraction of sp³-hybridized carbons (Fsp3) is 0.600. The zero-order valence-electron chi connectivity index (χ0n) is 17.3. The molecular formula is C20H29NO7S. The summed E-state index contributed by atoms with van der Waals surface area (Å²) in [6.45, 7) is 8.24. The SMILES string of the molecule is CCOc1cc(C(=O)O[C@@H](C)C(=O)N[C@H]2CCS(=O)(=O)C2)ccc1OCC(C)C. The first-order valence-corrected chi connectivity index (χ1v) is 11.5. The number of hydrogen-bond acceptors (Lipinski definition) is 7. The van der Waals surface area contributed by atoms with Crippen molar-refractivity contribution < 1.29 is 32.2 Å². The van der Waals surface area contributed by atoms with Gasteiger partial charge >= 0.3 is 5.97 Å². The van der Waals surface area contributed by atoms with Crippen LogP contribution in [0.1, 0.15) is 44.5 Å². The molecule has 0 radical (unpaired) electrons. The summed E-state index contributed by atoms with van der Waals surface area (Å²) in [6.07, 6.45) is -0.692. The molecule has 2 atom stereocenters. The Morgan fingerprint density at radius 2 is 1.90 bits per heavy atom. The summed E-state index contributed by atoms with van der Waals surface area (Å²) in [4.78, 5) is 24.7. The highest BCUT2D eigenvalue weighted by atomic mass is 32.2. The predicted molar refractivity (Wildman–Crippen MR) is 108 cm³/mol. The maximum atomic E-state index is 12.4. The first-order valence-electron chi connectivity index (χ1n) is 9.72. The zero-order valence-corrected chi connectivity index (χ0v) is 18.1. The van der Waals surface area contributed by atoms with Gasteiger partial charge in [0.2, 0.25) is 0 Å². The Morgan fingerprint density at radius 3 is 2.48 bits per heavy atom. The quantitative estimate of drug-likeness (QED) is 0.600. The fourth-order valence-electron chi connectivity index (χ4n) is 2.79. The average Bonchev–Trinajstić information content (AvgIpc) is 2.98. The highest BCUT2D eigenvalue weighted by Gasteiger charge is 2.31. The summed E-state index contributed by atoms with van der Waals surface area (Å²) >= 11 is 0. The van der Waals surface area contributed by atoms with Gasteiger partial charge in [0, 0.05) is 6.04 Å². The molecule has 29 heavy (non-hydrogen) atoms. The number of carbonyl (C=O) groups excluding carboxylic acids is 2. The van der Waals surface area contributed by atoms with Crippen LogP contribution < -0.4 is 14.8 Å². The number of amides is 1. The van der Waals surface area contributed by atoms with Crippen LogP contribution >= 0.6 is 0 Å². The smallest absolute Gasteiger partial charge is 0.339 e. The maximum Gasteiger partial charge on any atom is 0.339 e. The van der Waals surface area contributed by atoms with Crippen molar-refractivity contribution in [2.24, 2.45) is 5.92 Å². The van der Waals surface area contributed by atoms with Crippen LogP contribution in [0.2, 0.25) is 0 Å². The minimum atomic E-state index is -3.11. The number of hydrogen-bond donors (Lipinski definition) is 1. The van der Waals surface area contributed by atoms with E-state index in [9.17, 15) is 18.0 Å². The van der Waals surface area contributed by atoms with Crippen LogP contribution in [0.25, 0.3) is 0 Å². The lowest BCUT2D eigenvalue weighted by molar-refractivity contribution is -0.129. The molecule has 1 aliphatic heterocycles. The van der Waals surface area contributed by atoms with Gasteiger partial charge in [0.05, 0.1) is 30.3 Å². The number of sulfone groups is 1. The third kappa shape index (κ3) is 6.92. The van der Waals surface area contributed by atoms with Crippen molar-refractivity contribution in [2.75, 3.05) is 24.7 Å². The molecule has 9 heteroatoms. The normalized spacial score (nSPS) is 18.9. The summed E-state index contributed by atoms with van der Waals surface area (Å²) in [5.74, 6) is 0.0574. The highest BCUT2D eigenvalue weighted by Crippen LogP contribution is 2.29. The van der Waals surface area contributed by atoms with Crippen LogP contribution in [-0.2, 0) is 19.4 Å². The molecule has 0 unspecified atom stereocenters. The summed E-state index contributed by atoms with van der Waals surface area (Å²) in [7, 11) is -3.11. The Morgan fingerprint density at radius 1 is 1.17 bits per heavy atom. The van der Waals surface area contributed by atoms with Gasteiger partial charge in [0.1, 0.15) is 0 Å². The minimum Gasteiger partial charge on any atom is -0.490 e. The molecule has 8 nitrogen and oxygen atoms in total. The van der Waals surface area contributed by atoms with Gasteiger partial charge in [-0.1, -0.05) is 13.8 Å². The van der Waals surface area contributed by atoms with Crippen LogP contribution in [0, 0.1) is 5.92 Å². The molecule has 1 aromatic rings. The molecular weight excluding hydrogens is 398 g/mol. The van der Waals surface area contributed by atoms with E-state index >= 15 is 0 Å². The molecule has 1 aromatic carbocycles. The average molecular weight is 428 g/mol. The number of rotatable bonds is 9. The van der Waals surface area contributed by atoms with Gasteiger partial charge in [-0.25, -0.2) is 13.2 Å². The third-order valence-corrected chi connectivity index (χ3v) is 6.05. The van der Waals surface area contributed by atoms with Crippen LogP contribution in [0.5, 0.6) is 11.5 Å². The van der Waals surface area contributed by atoms with Crippen molar-refractivity contribution in [1.29, 1.82) is 0 Å². The lowest BCUT2D eigenvalue weighted by Gasteiger charge is -2.17. The monoisotopic (exact) mass is 427 g/mol. The van der Waals surface area contributed by atoms with Crippen molar-refractivity contribution in [3.05, 3.63) is 23.8 Å². The van der Waals surface area contributed by atoms with Crippen molar-refractivity contribution in [1.82, 2.24) is 5.32 Å². The standard InChI is InChI=1S/C20H29NO7S/c1-5-26-18-10-15(6-7-17(18)27-11-13(2)3)20(23)28-14(4)19(22)21-16-8-9-29(24,25)12-16/h6-7,10,13-14,16H,5,8-9,11-12H2,1-4H3,(H,21,22)/t14-,16-/m0/s1. The van der Waals surface area contributed by atoms with E-state index < -0.39 is 33.9 Å². The topological polar surface area (TPSA) is 108 Å². The fourth-order valence-corrected chi connectivity index (χ4v) is 4.46. The first kappa shape index (κ1) is 23.0. The second-order valence-electron chi connectivity index (χ2n) is 7.46. The van der Waals surface area contributed by atoms with Gasteiger partial charge in [-0.15, -0.1) is 0 Å². The molecule has 1 N–H and O–H groups in total. The molecule has 1 amide bonds. The summed E-state index contributed by atoms with van der Waals surface area (Å²) in [5.41, 5.74) is 0.230. The van der Waals surface area contributed by atoms with Gasteiger partial charge in [-0.05, 0) is 44.4 Å². The summed E-state index contributed by atoms with van der Waals surface area (Å²) in [5, 5.41) is 2.62. The van der Waals surface area contributed by atoms with E-state index in [-0.39, 0.29) is 17.1 Å². The molecule has 1 fully saturated rings. The van der Waals surface area contributed by atoms with Gasteiger partial charge in [-0.2, -0.15) is 0 Å². The minimum absolute atomic E-state index is 0.0531.